The van der Waals surface area contributed by atoms with Gasteiger partial charge in [-0.05, 0) is 6.07 Å². The van der Waals surface area contributed by atoms with Crippen LogP contribution in [-0.2, 0) is 7.05 Å². The fourth-order valence-electron chi connectivity index (χ4n) is 1.21. The van der Waals surface area contributed by atoms with Crippen molar-refractivity contribution in [2.24, 2.45) is 7.05 Å². The highest BCUT2D eigenvalue weighted by molar-refractivity contribution is 5.51. The lowest BCUT2D eigenvalue weighted by atomic mass is 10.4. The van der Waals surface area contributed by atoms with Crippen LogP contribution in [0.25, 0.3) is 0 Å². The van der Waals surface area contributed by atoms with Crippen molar-refractivity contribution in [3.8, 4) is 5.88 Å². The Hall–Kier alpha value is -2.04. The predicted molar refractivity (Wildman–Crippen MR) is 57.3 cm³/mol. The lowest BCUT2D eigenvalue weighted by Gasteiger charge is -2.03. The summed E-state index contributed by atoms with van der Waals surface area (Å²) in [5.74, 6) is 2.06. The molecule has 0 saturated heterocycles. The number of rotatable bonds is 3. The summed E-state index contributed by atoms with van der Waals surface area (Å²) >= 11 is 0. The molecule has 0 fully saturated rings. The molecule has 0 saturated carbocycles. The Kier molecular flexibility index (Phi) is 2.53. The Morgan fingerprint density at radius 2 is 2.13 bits per heavy atom. The third-order valence-corrected chi connectivity index (χ3v) is 1.90. The Morgan fingerprint density at radius 3 is 2.80 bits per heavy atom. The Morgan fingerprint density at radius 1 is 1.27 bits per heavy atom. The molecule has 2 rings (SSSR count). The molecule has 15 heavy (non-hydrogen) atoms. The van der Waals surface area contributed by atoms with Crippen LogP contribution >= 0.6 is 0 Å². The first kappa shape index (κ1) is 9.51. The molecule has 0 aliphatic heterocycles. The van der Waals surface area contributed by atoms with Gasteiger partial charge in [-0.3, -0.25) is 4.68 Å². The molecule has 0 aliphatic carbocycles. The summed E-state index contributed by atoms with van der Waals surface area (Å²) in [6.07, 6.45) is 1.86. The molecule has 5 heteroatoms. The number of hydrogen-bond acceptors (Lipinski definition) is 4. The number of ether oxygens (including phenoxy) is 1. The summed E-state index contributed by atoms with van der Waals surface area (Å²) in [6, 6.07) is 7.40. The lowest BCUT2D eigenvalue weighted by molar-refractivity contribution is 0.398. The number of nitrogens with one attached hydrogen (secondary N) is 1. The van der Waals surface area contributed by atoms with E-state index >= 15 is 0 Å². The van der Waals surface area contributed by atoms with Crippen molar-refractivity contribution in [1.82, 2.24) is 14.8 Å². The molecule has 5 nitrogen and oxygen atoms in total. The van der Waals surface area contributed by atoms with E-state index in [1.165, 1.54) is 0 Å². The monoisotopic (exact) mass is 204 g/mol. The van der Waals surface area contributed by atoms with Crippen LogP contribution in [0.15, 0.2) is 30.5 Å². The molecule has 0 radical (unpaired) electrons. The molecular weight excluding hydrogens is 192 g/mol. The average molecular weight is 204 g/mol. The molecule has 2 heterocycles. The van der Waals surface area contributed by atoms with Gasteiger partial charge >= 0.3 is 0 Å². The number of aryl methyl sites for hydroxylation is 1. The number of aromatic nitrogens is 3. The smallest absolute Gasteiger partial charge is 0.214 e. The standard InChI is InChI=1S/C10H12N4O/c1-14-7-6-9(13-14)11-8-4-3-5-10(12-8)15-2/h3-7H,1-2H3,(H,11,12,13). The zero-order valence-corrected chi connectivity index (χ0v) is 8.64. The Labute approximate surface area is 87.7 Å². The molecule has 0 aromatic carbocycles. The van der Waals surface area contributed by atoms with Crippen molar-refractivity contribution in [3.63, 3.8) is 0 Å². The maximum absolute atomic E-state index is 5.02. The van der Waals surface area contributed by atoms with Crippen LogP contribution in [0.4, 0.5) is 11.6 Å². The van der Waals surface area contributed by atoms with Crippen LogP contribution < -0.4 is 10.1 Å². The summed E-state index contributed by atoms with van der Waals surface area (Å²) in [5, 5.41) is 7.26. The molecular formula is C10H12N4O. The third kappa shape index (κ3) is 2.25. The topological polar surface area (TPSA) is 52.0 Å². The van der Waals surface area contributed by atoms with Crippen molar-refractivity contribution < 1.29 is 4.74 Å². The van der Waals surface area contributed by atoms with Gasteiger partial charge in [0.2, 0.25) is 5.88 Å². The fourth-order valence-corrected chi connectivity index (χ4v) is 1.21. The Balaban J connectivity index is 2.16. The number of hydrogen-bond donors (Lipinski definition) is 1. The molecule has 0 amide bonds. The van der Waals surface area contributed by atoms with E-state index in [2.05, 4.69) is 15.4 Å². The lowest BCUT2D eigenvalue weighted by Crippen LogP contribution is -1.97. The van der Waals surface area contributed by atoms with Gasteiger partial charge in [-0.25, -0.2) is 0 Å². The van der Waals surface area contributed by atoms with E-state index in [1.54, 1.807) is 17.9 Å². The van der Waals surface area contributed by atoms with Crippen molar-refractivity contribution in [2.75, 3.05) is 12.4 Å². The van der Waals surface area contributed by atoms with Gasteiger partial charge in [0.05, 0.1) is 7.11 Å². The van der Waals surface area contributed by atoms with E-state index < -0.39 is 0 Å². The molecule has 0 bridgehead atoms. The number of pyridine rings is 1. The highest BCUT2D eigenvalue weighted by Gasteiger charge is 1.99. The van der Waals surface area contributed by atoms with E-state index in [0.29, 0.717) is 11.7 Å². The summed E-state index contributed by atoms with van der Waals surface area (Å²) < 4.78 is 6.75. The second kappa shape index (κ2) is 4.00. The van der Waals surface area contributed by atoms with Gasteiger partial charge in [-0.15, -0.1) is 0 Å². The maximum Gasteiger partial charge on any atom is 0.214 e. The van der Waals surface area contributed by atoms with Gasteiger partial charge in [0.25, 0.3) is 0 Å². The minimum absolute atomic E-state index is 0.580. The van der Waals surface area contributed by atoms with Gasteiger partial charge < -0.3 is 10.1 Å². The quantitative estimate of drug-likeness (QED) is 0.824. The van der Waals surface area contributed by atoms with Gasteiger partial charge in [0.15, 0.2) is 5.82 Å². The van der Waals surface area contributed by atoms with Crippen molar-refractivity contribution in [1.29, 1.82) is 0 Å². The fraction of sp³-hybridized carbons (Fsp3) is 0.200. The predicted octanol–water partition coefficient (Wildman–Crippen LogP) is 1.57. The molecule has 0 unspecified atom stereocenters. The minimum Gasteiger partial charge on any atom is -0.481 e. The normalized spacial score (nSPS) is 10.0. The van der Waals surface area contributed by atoms with Gasteiger partial charge in [0, 0.05) is 25.4 Å². The highest BCUT2D eigenvalue weighted by Crippen LogP contribution is 2.14. The maximum atomic E-state index is 5.02. The molecule has 2 aromatic rings. The largest absolute Gasteiger partial charge is 0.481 e. The third-order valence-electron chi connectivity index (χ3n) is 1.90. The molecule has 2 aromatic heterocycles. The van der Waals surface area contributed by atoms with E-state index in [0.717, 1.165) is 5.82 Å². The van der Waals surface area contributed by atoms with Crippen molar-refractivity contribution in [2.45, 2.75) is 0 Å². The first-order valence-electron chi connectivity index (χ1n) is 4.55. The van der Waals surface area contributed by atoms with Crippen LogP contribution in [-0.4, -0.2) is 21.9 Å². The van der Waals surface area contributed by atoms with Crippen molar-refractivity contribution in [3.05, 3.63) is 30.5 Å². The van der Waals surface area contributed by atoms with Gasteiger partial charge in [0.1, 0.15) is 5.82 Å². The van der Waals surface area contributed by atoms with Crippen LogP contribution in [0.3, 0.4) is 0 Å². The SMILES string of the molecule is COc1cccc(Nc2ccn(C)n2)n1. The zero-order chi connectivity index (χ0) is 10.7. The van der Waals surface area contributed by atoms with Crippen LogP contribution in [0.5, 0.6) is 5.88 Å². The first-order chi connectivity index (χ1) is 7.28. The first-order valence-corrected chi connectivity index (χ1v) is 4.55. The Bertz CT molecular complexity index is 452. The molecule has 0 aliphatic rings. The summed E-state index contributed by atoms with van der Waals surface area (Å²) in [6.45, 7) is 0. The van der Waals surface area contributed by atoms with Crippen LogP contribution in [0.2, 0.25) is 0 Å². The molecule has 0 atom stereocenters. The van der Waals surface area contributed by atoms with Crippen LogP contribution in [0, 0.1) is 0 Å². The highest BCUT2D eigenvalue weighted by atomic mass is 16.5. The van der Waals surface area contributed by atoms with Gasteiger partial charge in [-0.2, -0.15) is 10.1 Å². The van der Waals surface area contributed by atoms with E-state index in [9.17, 15) is 0 Å². The molecule has 1 N–H and O–H groups in total. The van der Waals surface area contributed by atoms with Gasteiger partial charge in [-0.1, -0.05) is 6.07 Å². The molecule has 78 valence electrons. The minimum atomic E-state index is 0.580. The van der Waals surface area contributed by atoms with Crippen LogP contribution in [0.1, 0.15) is 0 Å². The van der Waals surface area contributed by atoms with E-state index in [4.69, 9.17) is 4.74 Å². The summed E-state index contributed by atoms with van der Waals surface area (Å²) in [5.41, 5.74) is 0. The molecule has 0 spiro atoms. The number of anilines is 2. The number of methoxy groups -OCH3 is 1. The second-order valence-corrected chi connectivity index (χ2v) is 3.06. The average Bonchev–Trinajstić information content (AvgIpc) is 2.64. The summed E-state index contributed by atoms with van der Waals surface area (Å²) in [7, 11) is 3.46. The van der Waals surface area contributed by atoms with E-state index in [-0.39, 0.29) is 0 Å². The number of nitrogens with zero attached hydrogens (tertiary/aromatic N) is 3. The second-order valence-electron chi connectivity index (χ2n) is 3.06. The summed E-state index contributed by atoms with van der Waals surface area (Å²) in [4.78, 5) is 4.21. The van der Waals surface area contributed by atoms with E-state index in [1.807, 2.05) is 31.4 Å². The van der Waals surface area contributed by atoms with Crippen molar-refractivity contribution >= 4 is 11.6 Å². The zero-order valence-electron chi connectivity index (χ0n) is 8.64.